The number of ketones is 1. The van der Waals surface area contributed by atoms with Gasteiger partial charge in [-0.3, -0.25) is 4.79 Å². The van der Waals surface area contributed by atoms with E-state index in [9.17, 15) is 9.59 Å². The van der Waals surface area contributed by atoms with E-state index in [1.807, 2.05) is 31.2 Å². The lowest BCUT2D eigenvalue weighted by atomic mass is 9.68. The van der Waals surface area contributed by atoms with E-state index in [2.05, 4.69) is 42.0 Å². The molecule has 4 nitrogen and oxygen atoms in total. The average Bonchev–Trinajstić information content (AvgIpc) is 2.63. The Labute approximate surface area is 181 Å². The van der Waals surface area contributed by atoms with Crippen molar-refractivity contribution in [2.24, 2.45) is 5.41 Å². The zero-order chi connectivity index (χ0) is 21.2. The molecule has 0 bridgehead atoms. The minimum atomic E-state index is -0.413. The molecule has 1 aliphatic carbocycles. The van der Waals surface area contributed by atoms with Crippen LogP contribution in [0.1, 0.15) is 71.3 Å². The quantitative estimate of drug-likeness (QED) is 0.432. The second-order valence-corrected chi connectivity index (χ2v) is 9.65. The lowest BCUT2D eigenvalue weighted by molar-refractivity contribution is -0.139. The standard InChI is InChI=1S/C24H30BrNO3/c1-5-6-9-12-29-23(28)20-15(2)26-18-13-24(3,4)14-19(27)22(18)21(20)16-10-7-8-11-17(16)25/h7-8,10-11,21,26H,5-6,9,12-14H2,1-4H3/t21-/m0/s1. The number of esters is 1. The van der Waals surface area contributed by atoms with Gasteiger partial charge in [0.25, 0.3) is 0 Å². The van der Waals surface area contributed by atoms with Crippen molar-refractivity contribution >= 4 is 27.7 Å². The predicted molar refractivity (Wildman–Crippen MR) is 118 cm³/mol. The fourth-order valence-electron chi connectivity index (χ4n) is 4.32. The molecule has 1 N–H and O–H groups in total. The van der Waals surface area contributed by atoms with E-state index in [1.54, 1.807) is 0 Å². The maximum Gasteiger partial charge on any atom is 0.336 e. The number of hydrogen-bond donors (Lipinski definition) is 1. The highest BCUT2D eigenvalue weighted by molar-refractivity contribution is 9.10. The normalized spacial score (nSPS) is 21.0. The van der Waals surface area contributed by atoms with Crippen molar-refractivity contribution < 1.29 is 14.3 Å². The summed E-state index contributed by atoms with van der Waals surface area (Å²) in [5, 5.41) is 3.38. The van der Waals surface area contributed by atoms with Gasteiger partial charge in [-0.25, -0.2) is 4.79 Å². The van der Waals surface area contributed by atoms with Crippen LogP contribution >= 0.6 is 15.9 Å². The van der Waals surface area contributed by atoms with Crippen LogP contribution in [0.3, 0.4) is 0 Å². The molecule has 1 aromatic carbocycles. The lowest BCUT2D eigenvalue weighted by Gasteiger charge is -2.39. The number of Topliss-reactive ketones (excluding diaryl/α,β-unsaturated/α-hetero) is 1. The number of halogens is 1. The van der Waals surface area contributed by atoms with E-state index in [1.165, 1.54) is 0 Å². The van der Waals surface area contributed by atoms with Crippen molar-refractivity contribution in [3.63, 3.8) is 0 Å². The number of hydrogen-bond acceptors (Lipinski definition) is 4. The van der Waals surface area contributed by atoms with Crippen LogP contribution in [-0.4, -0.2) is 18.4 Å². The van der Waals surface area contributed by atoms with E-state index < -0.39 is 5.92 Å². The van der Waals surface area contributed by atoms with Crippen LogP contribution < -0.4 is 5.32 Å². The van der Waals surface area contributed by atoms with Crippen molar-refractivity contribution in [2.45, 2.75) is 65.7 Å². The van der Waals surface area contributed by atoms with Crippen molar-refractivity contribution in [3.05, 3.63) is 56.8 Å². The van der Waals surface area contributed by atoms with Gasteiger partial charge in [-0.1, -0.05) is 67.7 Å². The molecular formula is C24H30BrNO3. The highest BCUT2D eigenvalue weighted by Crippen LogP contribution is 2.48. The topological polar surface area (TPSA) is 55.4 Å². The van der Waals surface area contributed by atoms with Gasteiger partial charge in [0.15, 0.2) is 5.78 Å². The number of nitrogens with one attached hydrogen (secondary N) is 1. The first-order valence-corrected chi connectivity index (χ1v) is 11.2. The molecule has 0 unspecified atom stereocenters. The Morgan fingerprint density at radius 3 is 2.66 bits per heavy atom. The largest absolute Gasteiger partial charge is 0.462 e. The molecule has 2 aliphatic rings. The molecular weight excluding hydrogens is 430 g/mol. The molecule has 0 saturated carbocycles. The van der Waals surface area contributed by atoms with Crippen LogP contribution in [0.5, 0.6) is 0 Å². The molecule has 156 valence electrons. The van der Waals surface area contributed by atoms with Gasteiger partial charge in [0.2, 0.25) is 0 Å². The number of benzene rings is 1. The Morgan fingerprint density at radius 2 is 1.97 bits per heavy atom. The van der Waals surface area contributed by atoms with Gasteiger partial charge in [-0.05, 0) is 36.8 Å². The van der Waals surface area contributed by atoms with Crippen LogP contribution in [0.4, 0.5) is 0 Å². The van der Waals surface area contributed by atoms with Gasteiger partial charge in [-0.2, -0.15) is 0 Å². The number of carbonyl (C=O) groups is 2. The summed E-state index contributed by atoms with van der Waals surface area (Å²) in [6.07, 6.45) is 4.21. The summed E-state index contributed by atoms with van der Waals surface area (Å²) in [4.78, 5) is 26.3. The molecule has 1 heterocycles. The minimum Gasteiger partial charge on any atom is -0.462 e. The third-order valence-electron chi connectivity index (χ3n) is 5.66. The van der Waals surface area contributed by atoms with Gasteiger partial charge >= 0.3 is 5.97 Å². The highest BCUT2D eigenvalue weighted by atomic mass is 79.9. The molecule has 5 heteroatoms. The molecule has 0 spiro atoms. The Balaban J connectivity index is 2.05. The summed E-state index contributed by atoms with van der Waals surface area (Å²) in [7, 11) is 0. The Bertz CT molecular complexity index is 882. The maximum absolute atomic E-state index is 13.2. The van der Waals surface area contributed by atoms with Crippen LogP contribution in [-0.2, 0) is 14.3 Å². The van der Waals surface area contributed by atoms with E-state index in [0.29, 0.717) is 24.2 Å². The molecule has 0 saturated heterocycles. The second-order valence-electron chi connectivity index (χ2n) is 8.79. The van der Waals surface area contributed by atoms with Gasteiger partial charge < -0.3 is 10.1 Å². The van der Waals surface area contributed by atoms with E-state index in [0.717, 1.165) is 47.1 Å². The number of carbonyl (C=O) groups excluding carboxylic acids is 2. The van der Waals surface area contributed by atoms with Crippen molar-refractivity contribution in [1.82, 2.24) is 5.32 Å². The molecule has 3 rings (SSSR count). The zero-order valence-corrected chi connectivity index (χ0v) is 19.3. The average molecular weight is 460 g/mol. The molecule has 0 radical (unpaired) electrons. The minimum absolute atomic E-state index is 0.0974. The molecule has 0 amide bonds. The van der Waals surface area contributed by atoms with Gasteiger partial charge in [0.05, 0.1) is 12.2 Å². The molecule has 1 aliphatic heterocycles. The molecule has 0 fully saturated rings. The van der Waals surface area contributed by atoms with Crippen LogP contribution in [0.15, 0.2) is 51.3 Å². The first-order chi connectivity index (χ1) is 13.7. The zero-order valence-electron chi connectivity index (χ0n) is 17.7. The number of unbranched alkanes of at least 4 members (excludes halogenated alkanes) is 2. The summed E-state index contributed by atoms with van der Waals surface area (Å²) in [6.45, 7) is 8.65. The molecule has 1 atom stereocenters. The SMILES string of the molecule is CCCCCOC(=O)C1=C(C)NC2=C(C(=O)CC(C)(C)C2)[C@H]1c1ccccc1Br. The summed E-state index contributed by atoms with van der Waals surface area (Å²) in [6, 6.07) is 7.82. The van der Waals surface area contributed by atoms with Crippen LogP contribution in [0, 0.1) is 5.41 Å². The molecule has 29 heavy (non-hydrogen) atoms. The second kappa shape index (κ2) is 8.86. The predicted octanol–water partition coefficient (Wildman–Crippen LogP) is 5.79. The van der Waals surface area contributed by atoms with Gasteiger partial charge in [0.1, 0.15) is 0 Å². The first-order valence-electron chi connectivity index (χ1n) is 10.4. The summed E-state index contributed by atoms with van der Waals surface area (Å²) in [5.74, 6) is -0.645. The monoisotopic (exact) mass is 459 g/mol. The highest BCUT2D eigenvalue weighted by Gasteiger charge is 2.43. The van der Waals surface area contributed by atoms with Crippen molar-refractivity contribution in [2.75, 3.05) is 6.61 Å². The fourth-order valence-corrected chi connectivity index (χ4v) is 4.84. The Morgan fingerprint density at radius 1 is 1.24 bits per heavy atom. The number of allylic oxidation sites excluding steroid dienone is 3. The van der Waals surface area contributed by atoms with Crippen molar-refractivity contribution in [1.29, 1.82) is 0 Å². The van der Waals surface area contributed by atoms with Gasteiger partial charge in [0, 0.05) is 33.8 Å². The fraction of sp³-hybridized carbons (Fsp3) is 0.500. The summed E-state index contributed by atoms with van der Waals surface area (Å²) < 4.78 is 6.50. The number of rotatable bonds is 6. The Hall–Kier alpha value is -1.88. The maximum atomic E-state index is 13.2. The van der Waals surface area contributed by atoms with E-state index in [4.69, 9.17) is 4.74 Å². The van der Waals surface area contributed by atoms with Crippen LogP contribution in [0.25, 0.3) is 0 Å². The molecule has 1 aromatic rings. The van der Waals surface area contributed by atoms with E-state index in [-0.39, 0.29) is 17.2 Å². The van der Waals surface area contributed by atoms with Crippen molar-refractivity contribution in [3.8, 4) is 0 Å². The third kappa shape index (κ3) is 4.66. The van der Waals surface area contributed by atoms with E-state index >= 15 is 0 Å². The Kier molecular flexibility index (Phi) is 6.67. The van der Waals surface area contributed by atoms with Gasteiger partial charge in [-0.15, -0.1) is 0 Å². The summed E-state index contributed by atoms with van der Waals surface area (Å²) in [5.41, 5.74) is 3.79. The first kappa shape index (κ1) is 21.8. The molecule has 0 aromatic heterocycles. The number of ether oxygens (including phenoxy) is 1. The number of dihydropyridines is 1. The van der Waals surface area contributed by atoms with Crippen LogP contribution in [0.2, 0.25) is 0 Å². The smallest absolute Gasteiger partial charge is 0.336 e. The lowest BCUT2D eigenvalue weighted by Crippen LogP contribution is -2.38. The summed E-state index contributed by atoms with van der Waals surface area (Å²) >= 11 is 3.63. The third-order valence-corrected chi connectivity index (χ3v) is 6.38.